The van der Waals surface area contributed by atoms with Crippen LogP contribution in [0.15, 0.2) is 42.5 Å². The van der Waals surface area contributed by atoms with Crippen molar-refractivity contribution in [3.63, 3.8) is 0 Å². The van der Waals surface area contributed by atoms with E-state index in [1.54, 1.807) is 45.1 Å². The first kappa shape index (κ1) is 23.5. The van der Waals surface area contributed by atoms with Crippen molar-refractivity contribution in [3.05, 3.63) is 58.6 Å². The lowest BCUT2D eigenvalue weighted by Crippen LogP contribution is -2.47. The Balaban J connectivity index is 1.97. The van der Waals surface area contributed by atoms with Crippen molar-refractivity contribution >= 4 is 23.4 Å². The van der Waals surface area contributed by atoms with Gasteiger partial charge in [0, 0.05) is 24.5 Å². The topological polar surface area (TPSA) is 67.9 Å². The van der Waals surface area contributed by atoms with Gasteiger partial charge in [0.2, 0.25) is 11.8 Å². The third kappa shape index (κ3) is 6.39. The average molecular weight is 433 g/mol. The molecule has 0 saturated carbocycles. The van der Waals surface area contributed by atoms with E-state index in [0.29, 0.717) is 42.5 Å². The van der Waals surface area contributed by atoms with E-state index in [0.717, 1.165) is 11.1 Å². The van der Waals surface area contributed by atoms with Crippen LogP contribution >= 0.6 is 11.6 Å². The van der Waals surface area contributed by atoms with Crippen LogP contribution in [0.5, 0.6) is 11.5 Å². The number of hydrogen-bond acceptors (Lipinski definition) is 4. The molecule has 2 aromatic carbocycles. The molecule has 0 heterocycles. The normalized spacial score (nSPS) is 11.5. The van der Waals surface area contributed by atoms with Gasteiger partial charge in [-0.1, -0.05) is 36.7 Å². The maximum Gasteiger partial charge on any atom is 0.242 e. The summed E-state index contributed by atoms with van der Waals surface area (Å²) < 4.78 is 10.6. The highest BCUT2D eigenvalue weighted by Crippen LogP contribution is 2.27. The van der Waals surface area contributed by atoms with E-state index in [1.165, 1.54) is 0 Å². The monoisotopic (exact) mass is 432 g/mol. The fraction of sp³-hybridized carbons (Fsp3) is 0.391. The van der Waals surface area contributed by atoms with E-state index in [1.807, 2.05) is 30.3 Å². The molecule has 0 aliphatic rings. The summed E-state index contributed by atoms with van der Waals surface area (Å²) in [7, 11) is 3.18. The van der Waals surface area contributed by atoms with Gasteiger partial charge in [0.15, 0.2) is 11.5 Å². The highest BCUT2D eigenvalue weighted by atomic mass is 35.5. The molecule has 0 unspecified atom stereocenters. The number of ether oxygens (including phenoxy) is 2. The molecule has 0 bridgehead atoms. The summed E-state index contributed by atoms with van der Waals surface area (Å²) in [6, 6.07) is 12.4. The molecule has 0 saturated heterocycles. The zero-order valence-corrected chi connectivity index (χ0v) is 18.7. The van der Waals surface area contributed by atoms with E-state index in [4.69, 9.17) is 21.1 Å². The van der Waals surface area contributed by atoms with Gasteiger partial charge in [0.25, 0.3) is 0 Å². The molecule has 162 valence electrons. The Labute approximate surface area is 183 Å². The van der Waals surface area contributed by atoms with Gasteiger partial charge in [-0.2, -0.15) is 0 Å². The Morgan fingerprint density at radius 3 is 2.27 bits per heavy atom. The molecule has 0 fully saturated rings. The van der Waals surface area contributed by atoms with Crippen molar-refractivity contribution < 1.29 is 19.1 Å². The summed E-state index contributed by atoms with van der Waals surface area (Å²) in [6.45, 7) is 4.34. The lowest BCUT2D eigenvalue weighted by atomic mass is 10.1. The highest BCUT2D eigenvalue weighted by Gasteiger charge is 2.24. The molecule has 0 aromatic heterocycles. The second-order valence-electron chi connectivity index (χ2n) is 6.91. The molecule has 0 spiro atoms. The van der Waals surface area contributed by atoms with Crippen molar-refractivity contribution in [3.8, 4) is 11.5 Å². The zero-order valence-electron chi connectivity index (χ0n) is 17.9. The number of hydrogen-bond donors (Lipinski definition) is 1. The van der Waals surface area contributed by atoms with E-state index < -0.39 is 6.04 Å². The predicted molar refractivity (Wildman–Crippen MR) is 118 cm³/mol. The maximum absolute atomic E-state index is 12.7. The Morgan fingerprint density at radius 2 is 1.67 bits per heavy atom. The number of nitrogens with one attached hydrogen (secondary N) is 1. The molecule has 30 heavy (non-hydrogen) atoms. The van der Waals surface area contributed by atoms with Gasteiger partial charge < -0.3 is 19.7 Å². The minimum absolute atomic E-state index is 0.0764. The summed E-state index contributed by atoms with van der Waals surface area (Å²) in [4.78, 5) is 26.7. The second kappa shape index (κ2) is 11.5. The molecule has 0 aliphatic carbocycles. The molecule has 1 atom stereocenters. The van der Waals surface area contributed by atoms with Crippen LogP contribution in [0.1, 0.15) is 31.4 Å². The smallest absolute Gasteiger partial charge is 0.242 e. The number of halogens is 1. The van der Waals surface area contributed by atoms with Gasteiger partial charge in [-0.15, -0.1) is 0 Å². The molecule has 2 rings (SSSR count). The van der Waals surface area contributed by atoms with Crippen LogP contribution in [0.2, 0.25) is 5.02 Å². The molecule has 7 heteroatoms. The molecule has 2 aromatic rings. The van der Waals surface area contributed by atoms with Crippen LogP contribution in [0.4, 0.5) is 0 Å². The number of methoxy groups -OCH3 is 2. The summed E-state index contributed by atoms with van der Waals surface area (Å²) in [5.74, 6) is 1.05. The van der Waals surface area contributed by atoms with Crippen molar-refractivity contribution in [1.82, 2.24) is 10.2 Å². The molecule has 6 nitrogen and oxygen atoms in total. The minimum Gasteiger partial charge on any atom is -0.493 e. The summed E-state index contributed by atoms with van der Waals surface area (Å²) in [5, 5.41) is 3.56. The minimum atomic E-state index is -0.585. The largest absolute Gasteiger partial charge is 0.493 e. The number of rotatable bonds is 10. The summed E-state index contributed by atoms with van der Waals surface area (Å²) >= 11 is 5.94. The molecule has 2 amide bonds. The van der Waals surface area contributed by atoms with Crippen molar-refractivity contribution in [1.29, 1.82) is 0 Å². The Kier molecular flexibility index (Phi) is 8.99. The van der Waals surface area contributed by atoms with Gasteiger partial charge in [-0.3, -0.25) is 9.59 Å². The van der Waals surface area contributed by atoms with Crippen LogP contribution in [0, 0.1) is 0 Å². The fourth-order valence-electron chi connectivity index (χ4n) is 3.09. The van der Waals surface area contributed by atoms with Gasteiger partial charge >= 0.3 is 0 Å². The zero-order chi connectivity index (χ0) is 22.1. The SMILES string of the molecule is CCC(=O)N(Cc1ccc(Cl)cc1)[C@@H](C)C(=O)NCCc1ccc(OC)c(OC)c1. The predicted octanol–water partition coefficient (Wildman–Crippen LogP) is 3.84. The van der Waals surface area contributed by atoms with Gasteiger partial charge in [0.05, 0.1) is 14.2 Å². The van der Waals surface area contributed by atoms with Crippen molar-refractivity contribution in [2.45, 2.75) is 39.3 Å². The summed E-state index contributed by atoms with van der Waals surface area (Å²) in [5.41, 5.74) is 1.94. The third-order valence-corrected chi connectivity index (χ3v) is 5.15. The van der Waals surface area contributed by atoms with Crippen molar-refractivity contribution in [2.24, 2.45) is 0 Å². The van der Waals surface area contributed by atoms with Crippen LogP contribution in [-0.2, 0) is 22.6 Å². The van der Waals surface area contributed by atoms with Crippen LogP contribution in [0.3, 0.4) is 0 Å². The second-order valence-corrected chi connectivity index (χ2v) is 7.34. The van der Waals surface area contributed by atoms with E-state index in [9.17, 15) is 9.59 Å². The maximum atomic E-state index is 12.7. The molecular formula is C23H29ClN2O4. The number of benzene rings is 2. The summed E-state index contributed by atoms with van der Waals surface area (Å²) in [6.07, 6.45) is 0.967. The van der Waals surface area contributed by atoms with E-state index >= 15 is 0 Å². The number of carbonyl (C=O) groups excluding carboxylic acids is 2. The standard InChI is InChI=1S/C23H29ClN2O4/c1-5-22(27)26(15-18-6-9-19(24)10-7-18)16(2)23(28)25-13-12-17-8-11-20(29-3)21(14-17)30-4/h6-11,14,16H,5,12-13,15H2,1-4H3,(H,25,28)/t16-/m0/s1. The Morgan fingerprint density at radius 1 is 1.03 bits per heavy atom. The molecular weight excluding hydrogens is 404 g/mol. The molecule has 0 aliphatic heterocycles. The van der Waals surface area contributed by atoms with Crippen LogP contribution in [-0.4, -0.2) is 43.5 Å². The third-order valence-electron chi connectivity index (χ3n) is 4.90. The molecule has 1 N–H and O–H groups in total. The van der Waals surface area contributed by atoms with Gasteiger partial charge in [0.1, 0.15) is 6.04 Å². The van der Waals surface area contributed by atoms with E-state index in [-0.39, 0.29) is 11.8 Å². The Hall–Kier alpha value is -2.73. The highest BCUT2D eigenvalue weighted by molar-refractivity contribution is 6.30. The fourth-order valence-corrected chi connectivity index (χ4v) is 3.21. The lowest BCUT2D eigenvalue weighted by molar-refractivity contribution is -0.140. The first-order valence-corrected chi connectivity index (χ1v) is 10.3. The Bertz CT molecular complexity index is 855. The van der Waals surface area contributed by atoms with E-state index in [2.05, 4.69) is 5.32 Å². The number of amides is 2. The number of nitrogens with zero attached hydrogens (tertiary/aromatic N) is 1. The first-order chi connectivity index (χ1) is 14.4. The van der Waals surface area contributed by atoms with Crippen molar-refractivity contribution in [2.75, 3.05) is 20.8 Å². The van der Waals surface area contributed by atoms with Crippen LogP contribution in [0.25, 0.3) is 0 Å². The van der Waals surface area contributed by atoms with Gasteiger partial charge in [-0.05, 0) is 48.7 Å². The van der Waals surface area contributed by atoms with Crippen LogP contribution < -0.4 is 14.8 Å². The quantitative estimate of drug-likeness (QED) is 0.619. The molecule has 0 radical (unpaired) electrons. The number of carbonyl (C=O) groups is 2. The lowest BCUT2D eigenvalue weighted by Gasteiger charge is -2.28. The first-order valence-electron chi connectivity index (χ1n) is 9.92. The van der Waals surface area contributed by atoms with Gasteiger partial charge in [-0.25, -0.2) is 0 Å². The average Bonchev–Trinajstić information content (AvgIpc) is 2.77.